The van der Waals surface area contributed by atoms with Gasteiger partial charge < -0.3 is 10.1 Å². The van der Waals surface area contributed by atoms with Gasteiger partial charge in [-0.05, 0) is 18.6 Å². The fraction of sp³-hybridized carbons (Fsp3) is 0.417. The molecule has 1 N–H and O–H groups in total. The van der Waals surface area contributed by atoms with Gasteiger partial charge in [-0.1, -0.05) is 18.5 Å². The maximum Gasteiger partial charge on any atom is 0.322 e. The summed E-state index contributed by atoms with van der Waals surface area (Å²) in [4.78, 5) is 21.8. The number of ether oxygens (including phenoxy) is 1. The molecule has 7 heteroatoms. The quantitative estimate of drug-likeness (QED) is 0.493. The third-order valence-corrected chi connectivity index (χ3v) is 2.91. The number of hydrogen-bond acceptors (Lipinski definition) is 5. The third kappa shape index (κ3) is 4.18. The van der Waals surface area contributed by atoms with Gasteiger partial charge in [0.2, 0.25) is 0 Å². The first kappa shape index (κ1) is 15.4. The number of hydrogen-bond donors (Lipinski definition) is 1. The van der Waals surface area contributed by atoms with Gasteiger partial charge in [0.05, 0.1) is 12.0 Å². The van der Waals surface area contributed by atoms with Crippen molar-refractivity contribution in [1.82, 2.24) is 5.32 Å². The highest BCUT2D eigenvalue weighted by Crippen LogP contribution is 2.22. The molecule has 0 heterocycles. The van der Waals surface area contributed by atoms with E-state index in [0.29, 0.717) is 17.0 Å². The van der Waals surface area contributed by atoms with Gasteiger partial charge in [-0.2, -0.15) is 0 Å². The predicted molar refractivity (Wildman–Crippen MR) is 71.0 cm³/mol. The SMILES string of the molecule is CCC(NCc1cc(Cl)ccc1[N+](=O)[O-])C(=O)OC. The van der Waals surface area contributed by atoms with E-state index in [2.05, 4.69) is 10.1 Å². The van der Waals surface area contributed by atoms with E-state index in [-0.39, 0.29) is 12.2 Å². The maximum atomic E-state index is 11.4. The number of methoxy groups -OCH3 is 1. The van der Waals surface area contributed by atoms with E-state index in [9.17, 15) is 14.9 Å². The van der Waals surface area contributed by atoms with Gasteiger partial charge >= 0.3 is 5.97 Å². The molecule has 0 aliphatic rings. The number of halogens is 1. The molecule has 19 heavy (non-hydrogen) atoms. The Morgan fingerprint density at radius 1 is 1.58 bits per heavy atom. The zero-order valence-electron chi connectivity index (χ0n) is 10.7. The van der Waals surface area contributed by atoms with E-state index >= 15 is 0 Å². The average molecular weight is 287 g/mol. The number of nitro benzene ring substituents is 1. The van der Waals surface area contributed by atoms with Crippen LogP contribution in [0.1, 0.15) is 18.9 Å². The van der Waals surface area contributed by atoms with E-state index in [4.69, 9.17) is 11.6 Å². The molecule has 1 aromatic rings. The lowest BCUT2D eigenvalue weighted by Gasteiger charge is -2.14. The largest absolute Gasteiger partial charge is 0.468 e. The van der Waals surface area contributed by atoms with Gasteiger partial charge in [-0.15, -0.1) is 0 Å². The van der Waals surface area contributed by atoms with Crippen LogP contribution in [0, 0.1) is 10.1 Å². The van der Waals surface area contributed by atoms with Crippen LogP contribution in [0.4, 0.5) is 5.69 Å². The Morgan fingerprint density at radius 3 is 2.79 bits per heavy atom. The number of rotatable bonds is 6. The molecule has 0 saturated carbocycles. The van der Waals surface area contributed by atoms with Crippen molar-refractivity contribution in [2.45, 2.75) is 25.9 Å². The Bertz CT molecular complexity index is 479. The number of nitro groups is 1. The van der Waals surface area contributed by atoms with Gasteiger partial charge in [-0.25, -0.2) is 0 Å². The lowest BCUT2D eigenvalue weighted by Crippen LogP contribution is -2.36. The van der Waals surface area contributed by atoms with E-state index in [0.717, 1.165) is 0 Å². The number of carbonyl (C=O) groups is 1. The molecule has 1 rings (SSSR count). The molecule has 0 aliphatic carbocycles. The first-order valence-electron chi connectivity index (χ1n) is 5.73. The summed E-state index contributed by atoms with van der Waals surface area (Å²) in [6, 6.07) is 3.82. The third-order valence-electron chi connectivity index (χ3n) is 2.67. The molecular formula is C12H15ClN2O4. The second-order valence-electron chi connectivity index (χ2n) is 3.90. The van der Waals surface area contributed by atoms with Crippen LogP contribution in [0.25, 0.3) is 0 Å². The summed E-state index contributed by atoms with van der Waals surface area (Å²) in [5.74, 6) is -0.396. The highest BCUT2D eigenvalue weighted by atomic mass is 35.5. The molecule has 0 saturated heterocycles. The van der Waals surface area contributed by atoms with Crippen LogP contribution in [0.2, 0.25) is 5.02 Å². The van der Waals surface area contributed by atoms with Crippen molar-refractivity contribution in [3.8, 4) is 0 Å². The number of benzene rings is 1. The number of esters is 1. The second kappa shape index (κ2) is 7.06. The molecule has 0 amide bonds. The normalized spacial score (nSPS) is 11.9. The van der Waals surface area contributed by atoms with Gasteiger partial charge in [0, 0.05) is 23.2 Å². The second-order valence-corrected chi connectivity index (χ2v) is 4.33. The highest BCUT2D eigenvalue weighted by molar-refractivity contribution is 6.30. The minimum absolute atomic E-state index is 0.0309. The predicted octanol–water partition coefficient (Wildman–Crippen LogP) is 2.29. The molecule has 6 nitrogen and oxygen atoms in total. The average Bonchev–Trinajstić information content (AvgIpc) is 2.38. The zero-order valence-corrected chi connectivity index (χ0v) is 11.4. The fourth-order valence-electron chi connectivity index (χ4n) is 1.64. The van der Waals surface area contributed by atoms with Crippen LogP contribution in [0.15, 0.2) is 18.2 Å². The van der Waals surface area contributed by atoms with Crippen LogP contribution < -0.4 is 5.32 Å². The van der Waals surface area contributed by atoms with Crippen LogP contribution in [-0.2, 0) is 16.1 Å². The van der Waals surface area contributed by atoms with Crippen molar-refractivity contribution in [2.24, 2.45) is 0 Å². The lowest BCUT2D eigenvalue weighted by atomic mass is 10.1. The summed E-state index contributed by atoms with van der Waals surface area (Å²) < 4.78 is 4.63. The van der Waals surface area contributed by atoms with Crippen molar-refractivity contribution in [1.29, 1.82) is 0 Å². The first-order chi connectivity index (χ1) is 8.99. The van der Waals surface area contributed by atoms with Crippen molar-refractivity contribution < 1.29 is 14.5 Å². The molecule has 104 valence electrons. The van der Waals surface area contributed by atoms with E-state index < -0.39 is 16.9 Å². The topological polar surface area (TPSA) is 81.5 Å². The number of nitrogens with zero attached hydrogens (tertiary/aromatic N) is 1. The number of carbonyl (C=O) groups excluding carboxylic acids is 1. The van der Waals surface area contributed by atoms with Gasteiger partial charge in [0.25, 0.3) is 5.69 Å². The Labute approximate surface area is 115 Å². The minimum Gasteiger partial charge on any atom is -0.468 e. The van der Waals surface area contributed by atoms with Gasteiger partial charge in [0.15, 0.2) is 0 Å². The molecule has 1 unspecified atom stereocenters. The van der Waals surface area contributed by atoms with Crippen molar-refractivity contribution in [3.05, 3.63) is 38.9 Å². The van der Waals surface area contributed by atoms with Gasteiger partial charge in [0.1, 0.15) is 6.04 Å². The first-order valence-corrected chi connectivity index (χ1v) is 6.11. The fourth-order valence-corrected chi connectivity index (χ4v) is 1.84. The molecule has 0 spiro atoms. The standard InChI is InChI=1S/C12H15ClN2O4/c1-3-10(12(16)19-2)14-7-8-6-9(13)4-5-11(8)15(17)18/h4-6,10,14H,3,7H2,1-2H3. The molecule has 0 radical (unpaired) electrons. The molecule has 0 bridgehead atoms. The van der Waals surface area contributed by atoms with Crippen LogP contribution in [0.3, 0.4) is 0 Å². The van der Waals surface area contributed by atoms with Crippen molar-refractivity contribution in [3.63, 3.8) is 0 Å². The maximum absolute atomic E-state index is 11.4. The summed E-state index contributed by atoms with van der Waals surface area (Å²) in [5, 5.41) is 14.2. The summed E-state index contributed by atoms with van der Waals surface area (Å²) in [5.41, 5.74) is 0.400. The van der Waals surface area contributed by atoms with Crippen LogP contribution in [-0.4, -0.2) is 24.0 Å². The molecule has 0 fully saturated rings. The van der Waals surface area contributed by atoms with Crippen molar-refractivity contribution in [2.75, 3.05) is 7.11 Å². The summed E-state index contributed by atoms with van der Waals surface area (Å²) >= 11 is 5.82. The van der Waals surface area contributed by atoms with E-state index in [1.807, 2.05) is 6.92 Å². The Balaban J connectivity index is 2.84. The monoisotopic (exact) mass is 286 g/mol. The zero-order chi connectivity index (χ0) is 14.4. The van der Waals surface area contributed by atoms with Crippen molar-refractivity contribution >= 4 is 23.3 Å². The Hall–Kier alpha value is -1.66. The molecular weight excluding hydrogens is 272 g/mol. The van der Waals surface area contributed by atoms with E-state index in [1.54, 1.807) is 0 Å². The Kier molecular flexibility index (Phi) is 5.72. The number of nitrogens with one attached hydrogen (secondary N) is 1. The van der Waals surface area contributed by atoms with Crippen LogP contribution in [0.5, 0.6) is 0 Å². The molecule has 0 aromatic heterocycles. The summed E-state index contributed by atoms with van der Waals surface area (Å²) in [7, 11) is 1.30. The smallest absolute Gasteiger partial charge is 0.322 e. The van der Waals surface area contributed by atoms with Crippen LogP contribution >= 0.6 is 11.6 Å². The summed E-state index contributed by atoms with van der Waals surface area (Å²) in [6.07, 6.45) is 0.529. The lowest BCUT2D eigenvalue weighted by molar-refractivity contribution is -0.385. The minimum atomic E-state index is -0.497. The van der Waals surface area contributed by atoms with Gasteiger partial charge in [-0.3, -0.25) is 14.9 Å². The van der Waals surface area contributed by atoms with E-state index in [1.165, 1.54) is 25.3 Å². The Morgan fingerprint density at radius 2 is 2.26 bits per heavy atom. The molecule has 1 atom stereocenters. The highest BCUT2D eigenvalue weighted by Gasteiger charge is 2.19. The molecule has 0 aliphatic heterocycles. The summed E-state index contributed by atoms with van der Waals surface area (Å²) in [6.45, 7) is 1.99. The molecule has 1 aromatic carbocycles.